The average molecular weight is 228 g/mol. The van der Waals surface area contributed by atoms with E-state index in [2.05, 4.69) is 11.6 Å². The summed E-state index contributed by atoms with van der Waals surface area (Å²) in [6, 6.07) is 6.01. The molecule has 0 aliphatic carbocycles. The molecule has 1 aromatic rings. The molecular weight excluding hydrogens is 217 g/mol. The van der Waals surface area contributed by atoms with Gasteiger partial charge in [0, 0.05) is 12.5 Å². The summed E-state index contributed by atoms with van der Waals surface area (Å²) in [5.41, 5.74) is 0.709. The number of aliphatic imine (C=N–C) groups is 1. The van der Waals surface area contributed by atoms with Crippen LogP contribution in [0.15, 0.2) is 35.8 Å². The number of hydrogen-bond acceptors (Lipinski definition) is 2. The zero-order valence-corrected chi connectivity index (χ0v) is 9.09. The minimum Gasteiger partial charge on any atom is -0.444 e. The van der Waals surface area contributed by atoms with Crippen LogP contribution in [0.1, 0.15) is 12.5 Å². The van der Waals surface area contributed by atoms with E-state index in [0.29, 0.717) is 17.2 Å². The fourth-order valence-corrected chi connectivity index (χ4v) is 1.16. The van der Waals surface area contributed by atoms with Crippen LogP contribution >= 0.6 is 11.6 Å². The maximum atomic E-state index is 12.6. The predicted molar refractivity (Wildman–Crippen MR) is 60.3 cm³/mol. The highest BCUT2D eigenvalue weighted by Gasteiger charge is 2.01. The first-order valence-corrected chi connectivity index (χ1v) is 4.86. The number of ether oxygens (including phenoxy) is 1. The molecule has 0 aromatic heterocycles. The molecule has 0 saturated heterocycles. The monoisotopic (exact) mass is 227 g/mol. The fraction of sp³-hybridized carbons (Fsp3) is 0.182. The average Bonchev–Trinajstić information content (AvgIpc) is 2.18. The van der Waals surface area contributed by atoms with E-state index in [1.54, 1.807) is 19.1 Å². The van der Waals surface area contributed by atoms with Crippen molar-refractivity contribution >= 4 is 23.3 Å². The molecular formula is C11H11ClFNO. The molecule has 0 fully saturated rings. The van der Waals surface area contributed by atoms with E-state index >= 15 is 0 Å². The van der Waals surface area contributed by atoms with Gasteiger partial charge in [-0.05, 0) is 24.3 Å². The van der Waals surface area contributed by atoms with Gasteiger partial charge >= 0.3 is 0 Å². The zero-order valence-electron chi connectivity index (χ0n) is 8.34. The van der Waals surface area contributed by atoms with Gasteiger partial charge in [0.05, 0.1) is 0 Å². The Hall–Kier alpha value is -1.35. The molecule has 0 bridgehead atoms. The topological polar surface area (TPSA) is 21.6 Å². The van der Waals surface area contributed by atoms with Crippen LogP contribution in [0.25, 0.3) is 5.76 Å². The molecule has 0 aliphatic rings. The number of benzene rings is 1. The van der Waals surface area contributed by atoms with Crippen molar-refractivity contribution in [2.45, 2.75) is 6.92 Å². The van der Waals surface area contributed by atoms with Crippen molar-refractivity contribution in [3.63, 3.8) is 0 Å². The summed E-state index contributed by atoms with van der Waals surface area (Å²) in [7, 11) is 0. The molecule has 2 nitrogen and oxygen atoms in total. The third-order valence-corrected chi connectivity index (χ3v) is 1.84. The minimum atomic E-state index is -0.294. The highest BCUT2D eigenvalue weighted by Crippen LogP contribution is 2.14. The molecule has 80 valence electrons. The third-order valence-electron chi connectivity index (χ3n) is 1.72. The van der Waals surface area contributed by atoms with Gasteiger partial charge in [-0.15, -0.1) is 11.6 Å². The number of nitrogens with zero attached hydrogens (tertiary/aromatic N) is 1. The van der Waals surface area contributed by atoms with E-state index < -0.39 is 0 Å². The Kier molecular flexibility index (Phi) is 4.31. The SMILES string of the molecule is C=C(O/C(C)=N/CCl)c1ccc(F)cc1. The summed E-state index contributed by atoms with van der Waals surface area (Å²) in [4.78, 5) is 3.83. The molecule has 15 heavy (non-hydrogen) atoms. The molecule has 0 unspecified atom stereocenters. The van der Waals surface area contributed by atoms with E-state index in [9.17, 15) is 4.39 Å². The van der Waals surface area contributed by atoms with Gasteiger partial charge in [0.2, 0.25) is 0 Å². The van der Waals surface area contributed by atoms with Crippen molar-refractivity contribution in [3.8, 4) is 0 Å². The first kappa shape index (κ1) is 11.7. The highest BCUT2D eigenvalue weighted by molar-refractivity contribution is 6.18. The zero-order chi connectivity index (χ0) is 11.3. The highest BCUT2D eigenvalue weighted by atomic mass is 35.5. The molecule has 0 atom stereocenters. The van der Waals surface area contributed by atoms with Crippen molar-refractivity contribution < 1.29 is 9.13 Å². The summed E-state index contributed by atoms with van der Waals surface area (Å²) < 4.78 is 17.9. The largest absolute Gasteiger partial charge is 0.444 e. The lowest BCUT2D eigenvalue weighted by molar-refractivity contribution is 0.503. The molecule has 0 spiro atoms. The lowest BCUT2D eigenvalue weighted by Crippen LogP contribution is -1.98. The van der Waals surface area contributed by atoms with Gasteiger partial charge in [-0.25, -0.2) is 9.38 Å². The summed E-state index contributed by atoms with van der Waals surface area (Å²) in [5.74, 6) is 0.554. The number of halogens is 2. The van der Waals surface area contributed by atoms with Gasteiger partial charge in [0.1, 0.15) is 17.6 Å². The lowest BCUT2D eigenvalue weighted by Gasteiger charge is -2.07. The number of hydrogen-bond donors (Lipinski definition) is 0. The maximum absolute atomic E-state index is 12.6. The lowest BCUT2D eigenvalue weighted by atomic mass is 10.2. The maximum Gasteiger partial charge on any atom is 0.188 e. The molecule has 0 heterocycles. The van der Waals surface area contributed by atoms with Crippen LogP contribution in [-0.4, -0.2) is 11.9 Å². The van der Waals surface area contributed by atoms with Crippen molar-refractivity contribution in [2.75, 3.05) is 6.00 Å². The molecule has 0 amide bonds. The molecule has 0 aliphatic heterocycles. The normalized spacial score (nSPS) is 11.3. The fourth-order valence-electron chi connectivity index (χ4n) is 0.989. The number of alkyl halides is 1. The van der Waals surface area contributed by atoms with Crippen molar-refractivity contribution in [1.29, 1.82) is 0 Å². The molecule has 1 rings (SSSR count). The first-order valence-electron chi connectivity index (χ1n) is 4.33. The molecule has 0 radical (unpaired) electrons. The molecule has 0 saturated carbocycles. The van der Waals surface area contributed by atoms with E-state index in [0.717, 1.165) is 0 Å². The Morgan fingerprint density at radius 3 is 2.60 bits per heavy atom. The Labute approximate surface area is 93.0 Å². The van der Waals surface area contributed by atoms with Crippen molar-refractivity contribution in [3.05, 3.63) is 42.2 Å². The quantitative estimate of drug-likeness (QED) is 0.255. The van der Waals surface area contributed by atoms with Crippen molar-refractivity contribution in [1.82, 2.24) is 0 Å². The van der Waals surface area contributed by atoms with Crippen LogP contribution in [0.4, 0.5) is 4.39 Å². The molecule has 1 aromatic carbocycles. The van der Waals surface area contributed by atoms with Gasteiger partial charge in [-0.3, -0.25) is 0 Å². The Morgan fingerprint density at radius 2 is 2.07 bits per heavy atom. The van der Waals surface area contributed by atoms with Gasteiger partial charge in [0.15, 0.2) is 5.90 Å². The predicted octanol–water partition coefficient (Wildman–Crippen LogP) is 3.43. The van der Waals surface area contributed by atoms with Gasteiger partial charge in [-0.1, -0.05) is 6.58 Å². The Balaban J connectivity index is 2.69. The van der Waals surface area contributed by atoms with Crippen LogP contribution in [0.5, 0.6) is 0 Å². The third kappa shape index (κ3) is 3.72. The summed E-state index contributed by atoms with van der Waals surface area (Å²) in [6.07, 6.45) is 0. The summed E-state index contributed by atoms with van der Waals surface area (Å²) in [5, 5.41) is 0. The Morgan fingerprint density at radius 1 is 1.47 bits per heavy atom. The van der Waals surface area contributed by atoms with Crippen LogP contribution < -0.4 is 0 Å². The van der Waals surface area contributed by atoms with E-state index in [4.69, 9.17) is 16.3 Å². The van der Waals surface area contributed by atoms with Crippen LogP contribution in [0.3, 0.4) is 0 Å². The second kappa shape index (κ2) is 5.51. The van der Waals surface area contributed by atoms with E-state index in [1.165, 1.54) is 12.1 Å². The standard InChI is InChI=1S/C11H11ClFNO/c1-8(15-9(2)14-7-12)10-3-5-11(13)6-4-10/h3-6H,1,7H2,2H3/b14-9+. The van der Waals surface area contributed by atoms with E-state index in [-0.39, 0.29) is 11.8 Å². The first-order chi connectivity index (χ1) is 7.13. The van der Waals surface area contributed by atoms with Crippen LogP contribution in [0, 0.1) is 5.82 Å². The summed E-state index contributed by atoms with van der Waals surface area (Å²) in [6.45, 7) is 5.39. The smallest absolute Gasteiger partial charge is 0.188 e. The van der Waals surface area contributed by atoms with Crippen LogP contribution in [0.2, 0.25) is 0 Å². The second-order valence-electron chi connectivity index (χ2n) is 2.83. The molecule has 0 N–H and O–H groups in total. The van der Waals surface area contributed by atoms with E-state index in [1.807, 2.05) is 0 Å². The molecule has 4 heteroatoms. The van der Waals surface area contributed by atoms with Crippen LogP contribution in [-0.2, 0) is 4.74 Å². The summed E-state index contributed by atoms with van der Waals surface area (Å²) >= 11 is 5.40. The minimum absolute atomic E-state index is 0.141. The number of rotatable bonds is 3. The second-order valence-corrected chi connectivity index (χ2v) is 3.07. The van der Waals surface area contributed by atoms with Gasteiger partial charge in [-0.2, -0.15) is 0 Å². The van der Waals surface area contributed by atoms with Gasteiger partial charge < -0.3 is 4.74 Å². The Bertz CT molecular complexity index is 373. The van der Waals surface area contributed by atoms with Crippen molar-refractivity contribution in [2.24, 2.45) is 4.99 Å². The van der Waals surface area contributed by atoms with Gasteiger partial charge in [0.25, 0.3) is 0 Å².